The van der Waals surface area contributed by atoms with Crippen molar-refractivity contribution < 1.29 is 81.7 Å². The third kappa shape index (κ3) is 52.5. The van der Waals surface area contributed by atoms with Crippen molar-refractivity contribution in [2.75, 3.05) is 27.1 Å². The van der Waals surface area contributed by atoms with Crippen molar-refractivity contribution in [2.24, 2.45) is 11.8 Å². The van der Waals surface area contributed by atoms with E-state index in [2.05, 4.69) is 54.7 Å². The summed E-state index contributed by atoms with van der Waals surface area (Å²) in [5, 5.41) is 0. The Morgan fingerprint density at radius 2 is 0.974 bits per heavy atom. The number of allylic oxidation sites excluding steroid dienone is 1. The fourth-order valence-electron chi connectivity index (χ4n) is 6.27. The average molecular weight is 1300 g/mol. The molecular weight excluding hydrogens is 1210 g/mol. The van der Waals surface area contributed by atoms with Crippen LogP contribution in [0.3, 0.4) is 0 Å². The minimum Gasteiger partial charge on any atom is -0.466 e. The monoisotopic (exact) mass is 1300 g/mol. The summed E-state index contributed by atoms with van der Waals surface area (Å²) < 4.78 is 133. The number of sulfone groups is 1. The van der Waals surface area contributed by atoms with E-state index in [1.165, 1.54) is 59.1 Å². The second-order valence-corrected chi connectivity index (χ2v) is 22.7. The largest absolute Gasteiger partial charge is 0.466 e. The van der Waals surface area contributed by atoms with Crippen LogP contribution in [0.25, 0.3) is 0 Å². The number of alkyl halides is 10. The van der Waals surface area contributed by atoms with Gasteiger partial charge in [0.25, 0.3) is 3.93 Å². The van der Waals surface area contributed by atoms with E-state index in [9.17, 15) is 67.5 Å². The summed E-state index contributed by atoms with van der Waals surface area (Å²) in [5.74, 6) is -11.2. The van der Waals surface area contributed by atoms with Crippen LogP contribution in [-0.4, -0.2) is 85.6 Å². The van der Waals surface area contributed by atoms with Gasteiger partial charge in [0, 0.05) is 56.8 Å². The van der Waals surface area contributed by atoms with Crippen LogP contribution in [0, 0.1) is 18.4 Å². The van der Waals surface area contributed by atoms with E-state index in [1.54, 1.807) is 24.3 Å². The van der Waals surface area contributed by atoms with Crippen molar-refractivity contribution in [2.45, 2.75) is 196 Å². The minimum absolute atomic E-state index is 0.0775. The Labute approximate surface area is 471 Å². The van der Waals surface area contributed by atoms with Crippen LogP contribution in [0.15, 0.2) is 77.8 Å². The maximum Gasteiger partial charge on any atom is 0.358 e. The fraction of sp³-hybridized carbons (Fsp3) is 0.655. The molecule has 21 heteroatoms. The van der Waals surface area contributed by atoms with Crippen molar-refractivity contribution >= 4 is 77.8 Å². The molecule has 0 unspecified atom stereocenters. The summed E-state index contributed by atoms with van der Waals surface area (Å²) in [5.41, 5.74) is 0.385. The number of rotatable bonds is 31. The highest BCUT2D eigenvalue weighted by Gasteiger charge is 2.38. The van der Waals surface area contributed by atoms with Crippen LogP contribution in [0.5, 0.6) is 0 Å². The number of benzene rings is 1. The van der Waals surface area contributed by atoms with E-state index >= 15 is 0 Å². The molecule has 1 aromatic carbocycles. The maximum absolute atomic E-state index is 13.6. The summed E-state index contributed by atoms with van der Waals surface area (Å²) >= 11 is 2.90. The number of Topliss-reactive ketones (excluding diaryl/α,β-unsaturated/α-hetero) is 2. The molecule has 0 aliphatic rings. The Bertz CT molecular complexity index is 1930. The lowest BCUT2D eigenvalue weighted by atomic mass is 9.88. The van der Waals surface area contributed by atoms with E-state index in [0.717, 1.165) is 108 Å². The molecule has 0 heterocycles. The first kappa shape index (κ1) is 81.3. The van der Waals surface area contributed by atoms with Gasteiger partial charge in [-0.05, 0) is 102 Å². The number of hydrogen-bond acceptors (Lipinski definition) is 10. The summed E-state index contributed by atoms with van der Waals surface area (Å²) in [6.07, 6.45) is 17.1. The second-order valence-electron chi connectivity index (χ2n) is 17.9. The molecule has 1 aromatic rings. The van der Waals surface area contributed by atoms with Gasteiger partial charge in [0.2, 0.25) is 18.3 Å². The lowest BCUT2D eigenvalue weighted by molar-refractivity contribution is -0.143. The van der Waals surface area contributed by atoms with Crippen molar-refractivity contribution in [3.8, 4) is 0 Å². The van der Waals surface area contributed by atoms with Gasteiger partial charge in [-0.15, -0.1) is 0 Å². The van der Waals surface area contributed by atoms with Gasteiger partial charge < -0.3 is 14.2 Å². The number of halogens is 10. The predicted octanol–water partition coefficient (Wildman–Crippen LogP) is 16.8. The fourth-order valence-corrected chi connectivity index (χ4v) is 7.59. The smallest absolute Gasteiger partial charge is 0.358 e. The van der Waals surface area contributed by atoms with Crippen LogP contribution in [-0.2, 0) is 48.0 Å². The minimum atomic E-state index is -3.52. The number of hydrogen-bond donors (Lipinski definition) is 0. The Kier molecular flexibility index (Phi) is 48.5. The lowest BCUT2D eigenvalue weighted by Crippen LogP contribution is -2.29. The van der Waals surface area contributed by atoms with E-state index < -0.39 is 78.0 Å². The van der Waals surface area contributed by atoms with E-state index in [-0.39, 0.29) is 40.4 Å². The summed E-state index contributed by atoms with van der Waals surface area (Å²) in [6.45, 7) is 25.6. The normalized spacial score (nSPS) is 11.9. The molecule has 0 bridgehead atoms. The van der Waals surface area contributed by atoms with Crippen molar-refractivity contribution in [3.63, 3.8) is 0 Å². The first-order valence-electron chi connectivity index (χ1n) is 24.9. The molecule has 0 saturated carbocycles. The third-order valence-electron chi connectivity index (χ3n) is 10.2. The highest BCUT2D eigenvalue weighted by Crippen LogP contribution is 2.33. The number of esters is 3. The topological polar surface area (TPSA) is 147 Å². The highest BCUT2D eigenvalue weighted by atomic mass is 127. The van der Waals surface area contributed by atoms with Crippen LogP contribution >= 0.6 is 38.5 Å². The van der Waals surface area contributed by atoms with Gasteiger partial charge in [0.15, 0.2) is 21.7 Å². The van der Waals surface area contributed by atoms with Crippen molar-refractivity contribution in [1.82, 2.24) is 0 Å². The maximum atomic E-state index is 13.6. The van der Waals surface area contributed by atoms with E-state index in [1.807, 2.05) is 15.9 Å². The average Bonchev–Trinajstić information content (AvgIpc) is 3.31. The number of methoxy groups -OCH3 is 3. The Morgan fingerprint density at radius 1 is 0.632 bits per heavy atom. The molecular formula is C55H85BrF8IO10S+. The number of carbonyl (C=O) groups is 5. The Morgan fingerprint density at radius 3 is 1.28 bits per heavy atom. The van der Waals surface area contributed by atoms with Gasteiger partial charge in [-0.2, -0.15) is 26.3 Å². The molecule has 1 rings (SSSR count). The molecule has 440 valence electrons. The van der Waals surface area contributed by atoms with Gasteiger partial charge in [0.05, 0.1) is 32.0 Å². The molecule has 0 saturated heterocycles. The molecule has 2 atom stereocenters. The molecule has 0 fully saturated rings. The van der Waals surface area contributed by atoms with E-state index in [0.29, 0.717) is 19.3 Å². The van der Waals surface area contributed by atoms with E-state index in [4.69, 9.17) is 6.58 Å². The number of unbranched alkanes of at least 4 members (excludes halogenated alkanes) is 10. The van der Waals surface area contributed by atoms with Crippen LogP contribution in [0.1, 0.15) is 170 Å². The van der Waals surface area contributed by atoms with Gasteiger partial charge in [-0.3, -0.25) is 9.59 Å². The molecule has 0 aromatic heterocycles. The zero-order chi connectivity index (χ0) is 60.4. The standard InChI is InChI=1S/C16H26F2O3.C15H26F2O2.C11H12O4S.C8H15.C3H3BrF2O.C2H3F2I/c1-5-6-7-8-9-14(10-12(2)15(20)21-4)11-16(17,18)13(3)19;1-5-6-7-8-9-13(11-15(3,16)17)10-12(2)14(18)19-4;1-9(11(12)15-2)8-16(13,14)10-6-4-3-5-7-10;1-3-5-7-8-6-4-2;1-2(7)3(4,5)6;1-2(3,4)5/h14H,2,5-11H2,1,3-4H3;13H,2,5-11H2,1,3-4H3;3-7H,1,8H2,2H3;1,3H,4-8H2,2H3;1H3;1H3/q;;;+1;;/t14-;13-;;;;/m00..../s1. The quantitative estimate of drug-likeness (QED) is 0.0103. The first-order chi connectivity index (χ1) is 34.9. The van der Waals surface area contributed by atoms with Crippen LogP contribution in [0.2, 0.25) is 0 Å². The molecule has 76 heavy (non-hydrogen) atoms. The zero-order valence-corrected chi connectivity index (χ0v) is 50.8. The second kappa shape index (κ2) is 45.3. The molecule has 10 nitrogen and oxygen atoms in total. The van der Waals surface area contributed by atoms with Gasteiger partial charge in [-0.1, -0.05) is 129 Å². The van der Waals surface area contributed by atoms with Gasteiger partial charge >= 0.3 is 28.7 Å². The molecule has 0 aliphatic heterocycles. The van der Waals surface area contributed by atoms with Gasteiger partial charge in [0.1, 0.15) is 0 Å². The molecule has 0 radical (unpaired) electrons. The van der Waals surface area contributed by atoms with Gasteiger partial charge in [-0.25, -0.2) is 31.6 Å². The lowest BCUT2D eigenvalue weighted by Gasteiger charge is -2.22. The number of carbonyl (C=O) groups excluding carboxylic acids is 5. The zero-order valence-electron chi connectivity index (χ0n) is 46.2. The summed E-state index contributed by atoms with van der Waals surface area (Å²) in [6, 6.07) is 7.90. The first-order valence-corrected chi connectivity index (χ1v) is 28.4. The van der Waals surface area contributed by atoms with Crippen molar-refractivity contribution in [1.29, 1.82) is 0 Å². The van der Waals surface area contributed by atoms with Crippen molar-refractivity contribution in [3.05, 3.63) is 79.4 Å². The molecule has 0 aliphatic carbocycles. The third-order valence-corrected chi connectivity index (χ3v) is 12.5. The Balaban J connectivity index is -0.000000282. The summed E-state index contributed by atoms with van der Waals surface area (Å²) in [4.78, 5) is 51.2. The number of ketones is 2. The highest BCUT2D eigenvalue weighted by molar-refractivity contribution is 14.1. The number of ether oxygens (including phenoxy) is 3. The molecule has 0 amide bonds. The predicted molar refractivity (Wildman–Crippen MR) is 298 cm³/mol. The molecule has 0 spiro atoms. The molecule has 0 N–H and O–H groups in total. The SMILES string of the molecule is C=C(CS(=O)(=O)c1ccccc1)C(=O)OC.C=C(C[C@H](CCCCCC)CC(C)(F)F)C(=O)OC.C=C(C[C@H](CCCCCC)CC(F)(F)C(C)=O)C(=O)OC.CC(=O)C(F)(F)Br.CC(F)(F)I.[CH+]=CCCCCCC. The van der Waals surface area contributed by atoms with Crippen LogP contribution < -0.4 is 0 Å². The summed E-state index contributed by atoms with van der Waals surface area (Å²) in [7, 11) is 0.174. The van der Waals surface area contributed by atoms with Crippen LogP contribution in [0.4, 0.5) is 35.1 Å². The Hall–Kier alpha value is -3.56.